The number of aryl methyl sites for hydroxylation is 1. The van der Waals surface area contributed by atoms with Gasteiger partial charge in [-0.05, 0) is 43.7 Å². The van der Waals surface area contributed by atoms with E-state index in [1.54, 1.807) is 23.3 Å². The Hall–Kier alpha value is -2.69. The van der Waals surface area contributed by atoms with Gasteiger partial charge in [-0.3, -0.25) is 14.3 Å². The molecule has 3 aromatic rings. The van der Waals surface area contributed by atoms with Crippen molar-refractivity contribution < 1.29 is 4.74 Å². The first kappa shape index (κ1) is 14.3. The third-order valence-electron chi connectivity index (χ3n) is 3.41. The summed E-state index contributed by atoms with van der Waals surface area (Å²) in [7, 11) is 0. The molecule has 1 aromatic carbocycles. The van der Waals surface area contributed by atoms with Gasteiger partial charge in [-0.2, -0.15) is 0 Å². The van der Waals surface area contributed by atoms with Crippen LogP contribution in [0.5, 0.6) is 5.75 Å². The van der Waals surface area contributed by atoms with Crippen molar-refractivity contribution in [2.75, 3.05) is 0 Å². The molecule has 0 saturated carbocycles. The summed E-state index contributed by atoms with van der Waals surface area (Å²) in [5, 5.41) is 0.627. The lowest BCUT2D eigenvalue weighted by atomic mass is 10.2. The Kier molecular flexibility index (Phi) is 3.87. The zero-order chi connectivity index (χ0) is 15.5. The van der Waals surface area contributed by atoms with Crippen LogP contribution in [-0.4, -0.2) is 20.6 Å². The second-order valence-corrected chi connectivity index (χ2v) is 5.34. The van der Waals surface area contributed by atoms with Crippen molar-refractivity contribution in [2.45, 2.75) is 26.5 Å². The van der Waals surface area contributed by atoms with Crippen LogP contribution in [0.25, 0.3) is 10.9 Å². The molecule has 0 aliphatic rings. The van der Waals surface area contributed by atoms with Gasteiger partial charge in [0, 0.05) is 6.20 Å². The standard InChI is InChI=1S/C17H17N3O2/c1-12-5-6-15-16(8-12)19-11-20(17(15)21)10-13(2)22-14-4-3-7-18-9-14/h3-9,11,13H,10H2,1-2H3/t13-/m1/s1. The maximum Gasteiger partial charge on any atom is 0.261 e. The highest BCUT2D eigenvalue weighted by Gasteiger charge is 2.09. The highest BCUT2D eigenvalue weighted by atomic mass is 16.5. The number of pyridine rings is 1. The topological polar surface area (TPSA) is 57.0 Å². The predicted molar refractivity (Wildman–Crippen MR) is 85.1 cm³/mol. The first-order valence-corrected chi connectivity index (χ1v) is 7.16. The second kappa shape index (κ2) is 5.97. The van der Waals surface area contributed by atoms with Crippen LogP contribution < -0.4 is 10.3 Å². The van der Waals surface area contributed by atoms with Crippen LogP contribution in [0.1, 0.15) is 12.5 Å². The number of fused-ring (bicyclic) bond motifs is 1. The molecule has 0 radical (unpaired) electrons. The lowest BCUT2D eigenvalue weighted by Gasteiger charge is -2.15. The normalized spacial score (nSPS) is 12.3. The van der Waals surface area contributed by atoms with Gasteiger partial charge in [0.05, 0.1) is 30.0 Å². The van der Waals surface area contributed by atoms with Crippen molar-refractivity contribution in [3.8, 4) is 5.75 Å². The molecule has 0 bridgehead atoms. The highest BCUT2D eigenvalue weighted by Crippen LogP contribution is 2.11. The molecule has 1 atom stereocenters. The molecule has 0 amide bonds. The van der Waals surface area contributed by atoms with Crippen LogP contribution in [-0.2, 0) is 6.54 Å². The predicted octanol–water partition coefficient (Wildman–Crippen LogP) is 2.57. The quantitative estimate of drug-likeness (QED) is 0.742. The van der Waals surface area contributed by atoms with Gasteiger partial charge in [-0.15, -0.1) is 0 Å². The fourth-order valence-corrected chi connectivity index (χ4v) is 2.36. The molecule has 2 aromatic heterocycles. The van der Waals surface area contributed by atoms with E-state index in [-0.39, 0.29) is 11.7 Å². The van der Waals surface area contributed by atoms with Gasteiger partial charge < -0.3 is 4.74 Å². The monoisotopic (exact) mass is 295 g/mol. The summed E-state index contributed by atoms with van der Waals surface area (Å²) in [4.78, 5) is 20.8. The minimum absolute atomic E-state index is 0.0494. The summed E-state index contributed by atoms with van der Waals surface area (Å²) in [5.41, 5.74) is 1.76. The largest absolute Gasteiger partial charge is 0.487 e. The van der Waals surface area contributed by atoms with Crippen LogP contribution in [0.15, 0.2) is 53.8 Å². The zero-order valence-electron chi connectivity index (χ0n) is 12.6. The van der Waals surface area contributed by atoms with Gasteiger partial charge in [0.25, 0.3) is 5.56 Å². The molecule has 22 heavy (non-hydrogen) atoms. The van der Waals surface area contributed by atoms with Crippen molar-refractivity contribution in [1.82, 2.24) is 14.5 Å². The molecule has 0 fully saturated rings. The number of rotatable bonds is 4. The number of ether oxygens (including phenoxy) is 1. The molecule has 0 N–H and O–H groups in total. The molecule has 5 heteroatoms. The molecule has 3 rings (SSSR count). The lowest BCUT2D eigenvalue weighted by molar-refractivity contribution is 0.197. The fraction of sp³-hybridized carbons (Fsp3) is 0.235. The van der Waals surface area contributed by atoms with Crippen LogP contribution in [0, 0.1) is 6.92 Å². The number of aromatic nitrogens is 3. The smallest absolute Gasteiger partial charge is 0.261 e. The Morgan fingerprint density at radius 2 is 2.18 bits per heavy atom. The van der Waals surface area contributed by atoms with Gasteiger partial charge in [-0.1, -0.05) is 6.07 Å². The Bertz CT molecular complexity index is 843. The first-order valence-electron chi connectivity index (χ1n) is 7.16. The van der Waals surface area contributed by atoms with E-state index >= 15 is 0 Å². The van der Waals surface area contributed by atoms with Gasteiger partial charge in [0.2, 0.25) is 0 Å². The van der Waals surface area contributed by atoms with Crippen molar-refractivity contribution >= 4 is 10.9 Å². The van der Waals surface area contributed by atoms with Crippen molar-refractivity contribution in [3.63, 3.8) is 0 Å². The number of hydrogen-bond acceptors (Lipinski definition) is 4. The Morgan fingerprint density at radius 3 is 2.95 bits per heavy atom. The van der Waals surface area contributed by atoms with Crippen LogP contribution in [0.3, 0.4) is 0 Å². The molecule has 0 saturated heterocycles. The Morgan fingerprint density at radius 1 is 1.32 bits per heavy atom. The first-order chi connectivity index (χ1) is 10.6. The maximum absolute atomic E-state index is 12.5. The summed E-state index contributed by atoms with van der Waals surface area (Å²) in [6.45, 7) is 4.33. The van der Waals surface area contributed by atoms with E-state index in [4.69, 9.17) is 4.74 Å². The Balaban J connectivity index is 1.83. The summed E-state index contributed by atoms with van der Waals surface area (Å²) >= 11 is 0. The minimum Gasteiger partial charge on any atom is -0.487 e. The van der Waals surface area contributed by atoms with Gasteiger partial charge in [0.15, 0.2) is 0 Å². The molecular weight excluding hydrogens is 278 g/mol. The molecule has 0 unspecified atom stereocenters. The van der Waals surface area contributed by atoms with Gasteiger partial charge in [0.1, 0.15) is 11.9 Å². The van der Waals surface area contributed by atoms with E-state index in [1.165, 1.54) is 0 Å². The second-order valence-electron chi connectivity index (χ2n) is 5.34. The maximum atomic E-state index is 12.5. The highest BCUT2D eigenvalue weighted by molar-refractivity contribution is 5.77. The van der Waals surface area contributed by atoms with Gasteiger partial charge >= 0.3 is 0 Å². The molecular formula is C17H17N3O2. The van der Waals surface area contributed by atoms with E-state index < -0.39 is 0 Å². The molecule has 2 heterocycles. The lowest BCUT2D eigenvalue weighted by Crippen LogP contribution is -2.28. The van der Waals surface area contributed by atoms with E-state index in [1.807, 2.05) is 44.2 Å². The van der Waals surface area contributed by atoms with E-state index in [0.717, 1.165) is 11.1 Å². The molecule has 0 spiro atoms. The number of benzene rings is 1. The summed E-state index contributed by atoms with van der Waals surface area (Å²) in [6, 6.07) is 9.31. The number of hydrogen-bond donors (Lipinski definition) is 0. The van der Waals surface area contributed by atoms with E-state index in [2.05, 4.69) is 9.97 Å². The average molecular weight is 295 g/mol. The van der Waals surface area contributed by atoms with Crippen LogP contribution in [0.4, 0.5) is 0 Å². The fourth-order valence-electron chi connectivity index (χ4n) is 2.36. The summed E-state index contributed by atoms with van der Waals surface area (Å²) < 4.78 is 7.34. The zero-order valence-corrected chi connectivity index (χ0v) is 12.6. The van der Waals surface area contributed by atoms with Gasteiger partial charge in [-0.25, -0.2) is 4.98 Å². The van der Waals surface area contributed by atoms with Crippen molar-refractivity contribution in [2.24, 2.45) is 0 Å². The van der Waals surface area contributed by atoms with Crippen molar-refractivity contribution in [3.05, 3.63) is 65.0 Å². The third-order valence-corrected chi connectivity index (χ3v) is 3.41. The minimum atomic E-state index is -0.161. The molecule has 5 nitrogen and oxygen atoms in total. The summed E-state index contributed by atoms with van der Waals surface area (Å²) in [6.07, 6.45) is 4.76. The van der Waals surface area contributed by atoms with Crippen LogP contribution in [0.2, 0.25) is 0 Å². The van der Waals surface area contributed by atoms with E-state index in [0.29, 0.717) is 17.7 Å². The van der Waals surface area contributed by atoms with Crippen LogP contribution >= 0.6 is 0 Å². The third kappa shape index (κ3) is 2.98. The van der Waals surface area contributed by atoms with Crippen molar-refractivity contribution in [1.29, 1.82) is 0 Å². The Labute approximate surface area is 128 Å². The molecule has 112 valence electrons. The molecule has 0 aliphatic heterocycles. The van der Waals surface area contributed by atoms with E-state index in [9.17, 15) is 4.79 Å². The summed E-state index contributed by atoms with van der Waals surface area (Å²) in [5.74, 6) is 0.687. The molecule has 0 aliphatic carbocycles. The number of nitrogens with zero attached hydrogens (tertiary/aromatic N) is 3. The average Bonchev–Trinajstić information content (AvgIpc) is 2.51. The SMILES string of the molecule is Cc1ccc2c(=O)n(C[C@@H](C)Oc3cccnc3)cnc2c1.